The number of carbonyl (C=O) groups excluding carboxylic acids is 1. The van der Waals surface area contributed by atoms with Crippen molar-refractivity contribution in [2.24, 2.45) is 5.41 Å². The Morgan fingerprint density at radius 2 is 1.68 bits per heavy atom. The lowest BCUT2D eigenvalue weighted by Crippen LogP contribution is -2.38. The van der Waals surface area contributed by atoms with Crippen molar-refractivity contribution in [3.8, 4) is 0 Å². The molecular formula is C15H30INO2. The molecule has 19 heavy (non-hydrogen) atoms. The number of hydrogen-bond donors (Lipinski definition) is 0. The Hall–Kier alpha value is 0.160. The van der Waals surface area contributed by atoms with Gasteiger partial charge >= 0.3 is 5.97 Å². The molecule has 1 unspecified atom stereocenters. The van der Waals surface area contributed by atoms with Gasteiger partial charge in [0.1, 0.15) is 10.0 Å². The largest absolute Gasteiger partial charge is 0.463 e. The molecule has 0 heterocycles. The molecule has 0 radical (unpaired) electrons. The summed E-state index contributed by atoms with van der Waals surface area (Å²) in [5, 5.41) is 0. The van der Waals surface area contributed by atoms with Crippen molar-refractivity contribution in [1.82, 2.24) is 4.90 Å². The minimum Gasteiger partial charge on any atom is -0.463 e. The summed E-state index contributed by atoms with van der Waals surface area (Å²) < 4.78 is 5.10. The highest BCUT2D eigenvalue weighted by Gasteiger charge is 2.38. The maximum Gasteiger partial charge on any atom is 0.322 e. The van der Waals surface area contributed by atoms with Crippen molar-refractivity contribution in [3.63, 3.8) is 0 Å². The quantitative estimate of drug-likeness (QED) is 0.362. The molecule has 0 saturated carbocycles. The highest BCUT2D eigenvalue weighted by molar-refractivity contribution is 14.1. The molecule has 0 amide bonds. The minimum absolute atomic E-state index is 0.0577. The lowest BCUT2D eigenvalue weighted by atomic mass is 9.83. The molecule has 0 fully saturated rings. The summed E-state index contributed by atoms with van der Waals surface area (Å²) >= 11 is 2.28. The molecule has 0 aromatic rings. The van der Waals surface area contributed by atoms with Gasteiger partial charge in [0.15, 0.2) is 0 Å². The Bertz CT molecular complexity index is 272. The van der Waals surface area contributed by atoms with Gasteiger partial charge in [-0.2, -0.15) is 0 Å². The van der Waals surface area contributed by atoms with E-state index in [2.05, 4.69) is 69.0 Å². The van der Waals surface area contributed by atoms with Crippen molar-refractivity contribution in [2.45, 2.75) is 57.8 Å². The molecule has 4 heteroatoms. The number of ether oxygens (including phenoxy) is 1. The van der Waals surface area contributed by atoms with Gasteiger partial charge in [-0.05, 0) is 31.3 Å². The topological polar surface area (TPSA) is 29.5 Å². The molecule has 0 aromatic carbocycles. The molecule has 0 aliphatic carbocycles. The molecule has 0 rings (SSSR count). The van der Waals surface area contributed by atoms with Gasteiger partial charge in [-0.25, -0.2) is 0 Å². The van der Waals surface area contributed by atoms with Crippen LogP contribution in [0.2, 0.25) is 0 Å². The molecule has 1 atom stereocenters. The fraction of sp³-hybridized carbons (Fsp3) is 0.933. The number of carbonyl (C=O) groups is 1. The average Bonchev–Trinajstić information content (AvgIpc) is 2.32. The maximum atomic E-state index is 12.3. The predicted octanol–water partition coefficient (Wildman–Crippen LogP) is 3.89. The number of esters is 1. The van der Waals surface area contributed by atoms with Crippen LogP contribution in [-0.4, -0.2) is 40.5 Å². The normalized spacial score (nSPS) is 15.4. The highest BCUT2D eigenvalue weighted by Crippen LogP contribution is 2.37. The SMILES string of the molecule is CCN(CC)CCOC(=O)C(I)(CC)CC(C)(C)C. The first-order valence-corrected chi connectivity index (χ1v) is 8.35. The van der Waals surface area contributed by atoms with E-state index in [0.717, 1.165) is 32.5 Å². The molecule has 114 valence electrons. The van der Waals surface area contributed by atoms with E-state index in [1.54, 1.807) is 0 Å². The zero-order chi connectivity index (χ0) is 15.1. The van der Waals surface area contributed by atoms with E-state index >= 15 is 0 Å². The Labute approximate surface area is 132 Å². The van der Waals surface area contributed by atoms with Gasteiger partial charge in [-0.15, -0.1) is 0 Å². The molecule has 0 aromatic heterocycles. The Balaban J connectivity index is 4.36. The van der Waals surface area contributed by atoms with E-state index in [0.29, 0.717) is 6.61 Å². The second kappa shape index (κ2) is 8.45. The highest BCUT2D eigenvalue weighted by atomic mass is 127. The lowest BCUT2D eigenvalue weighted by molar-refractivity contribution is -0.147. The first-order valence-electron chi connectivity index (χ1n) is 7.27. The summed E-state index contributed by atoms with van der Waals surface area (Å²) in [7, 11) is 0. The van der Waals surface area contributed by atoms with Crippen molar-refractivity contribution in [3.05, 3.63) is 0 Å². The molecule has 0 saturated heterocycles. The molecule has 0 bridgehead atoms. The number of rotatable bonds is 8. The van der Waals surface area contributed by atoms with Gasteiger partial charge in [-0.3, -0.25) is 4.79 Å². The predicted molar refractivity (Wildman–Crippen MR) is 89.9 cm³/mol. The van der Waals surface area contributed by atoms with Crippen LogP contribution in [-0.2, 0) is 9.53 Å². The van der Waals surface area contributed by atoms with Crippen LogP contribution in [0.15, 0.2) is 0 Å². The standard InChI is InChI=1S/C15H30INO2/c1-7-15(16,12-14(4,5)6)13(18)19-11-10-17(8-2)9-3/h7-12H2,1-6H3. The molecule has 0 N–H and O–H groups in total. The van der Waals surface area contributed by atoms with E-state index < -0.39 is 0 Å². The summed E-state index contributed by atoms with van der Waals surface area (Å²) in [5.41, 5.74) is 0.134. The number of hydrogen-bond acceptors (Lipinski definition) is 3. The Morgan fingerprint density at radius 3 is 2.05 bits per heavy atom. The third kappa shape index (κ3) is 7.49. The fourth-order valence-electron chi connectivity index (χ4n) is 2.12. The van der Waals surface area contributed by atoms with Crippen LogP contribution in [0.5, 0.6) is 0 Å². The fourth-order valence-corrected chi connectivity index (χ4v) is 3.42. The van der Waals surface area contributed by atoms with Crippen LogP contribution in [0.1, 0.15) is 54.4 Å². The lowest BCUT2D eigenvalue weighted by Gasteiger charge is -2.31. The van der Waals surface area contributed by atoms with Gasteiger partial charge in [0.25, 0.3) is 0 Å². The van der Waals surface area contributed by atoms with E-state index in [1.165, 1.54) is 0 Å². The van der Waals surface area contributed by atoms with E-state index in [-0.39, 0.29) is 14.8 Å². The van der Waals surface area contributed by atoms with E-state index in [9.17, 15) is 4.79 Å². The second-order valence-electron chi connectivity index (χ2n) is 6.22. The first kappa shape index (κ1) is 19.2. The van der Waals surface area contributed by atoms with Gasteiger partial charge < -0.3 is 9.64 Å². The maximum absolute atomic E-state index is 12.3. The summed E-state index contributed by atoms with van der Waals surface area (Å²) in [5.74, 6) is -0.0577. The van der Waals surface area contributed by atoms with E-state index in [1.807, 2.05) is 0 Å². The zero-order valence-electron chi connectivity index (χ0n) is 13.4. The Morgan fingerprint density at radius 1 is 1.16 bits per heavy atom. The van der Waals surface area contributed by atoms with Crippen LogP contribution in [0, 0.1) is 5.41 Å². The van der Waals surface area contributed by atoms with Gasteiger partial charge in [0.05, 0.1) is 0 Å². The molecule has 0 aliphatic rings. The Kier molecular flexibility index (Phi) is 8.52. The van der Waals surface area contributed by atoms with Crippen LogP contribution >= 0.6 is 22.6 Å². The smallest absolute Gasteiger partial charge is 0.322 e. The molecular weight excluding hydrogens is 353 g/mol. The number of halogens is 1. The van der Waals surface area contributed by atoms with Crippen LogP contribution in [0.4, 0.5) is 0 Å². The third-order valence-electron chi connectivity index (χ3n) is 3.27. The van der Waals surface area contributed by atoms with Gasteiger partial charge in [-0.1, -0.05) is 64.1 Å². The van der Waals surface area contributed by atoms with Crippen LogP contribution in [0.25, 0.3) is 0 Å². The molecule has 3 nitrogen and oxygen atoms in total. The van der Waals surface area contributed by atoms with Gasteiger partial charge in [0.2, 0.25) is 0 Å². The number of alkyl halides is 1. The third-order valence-corrected chi connectivity index (χ3v) is 4.86. The van der Waals surface area contributed by atoms with Crippen molar-refractivity contribution < 1.29 is 9.53 Å². The average molecular weight is 383 g/mol. The molecule has 0 aliphatic heterocycles. The zero-order valence-corrected chi connectivity index (χ0v) is 15.5. The van der Waals surface area contributed by atoms with Crippen LogP contribution in [0.3, 0.4) is 0 Å². The number of likely N-dealkylation sites (N-methyl/N-ethyl adjacent to an activating group) is 1. The van der Waals surface area contributed by atoms with Crippen molar-refractivity contribution >= 4 is 28.6 Å². The second-order valence-corrected chi connectivity index (χ2v) is 8.28. The van der Waals surface area contributed by atoms with E-state index in [4.69, 9.17) is 4.74 Å². The van der Waals surface area contributed by atoms with Gasteiger partial charge in [0, 0.05) is 6.54 Å². The first-order chi connectivity index (χ1) is 8.68. The summed E-state index contributed by atoms with van der Waals surface area (Å²) in [6, 6.07) is 0. The van der Waals surface area contributed by atoms with Crippen LogP contribution < -0.4 is 0 Å². The summed E-state index contributed by atoms with van der Waals surface area (Å²) in [6.45, 7) is 16.1. The van der Waals surface area contributed by atoms with Crippen molar-refractivity contribution in [2.75, 3.05) is 26.2 Å². The molecule has 0 spiro atoms. The number of nitrogens with zero attached hydrogens (tertiary/aromatic N) is 1. The minimum atomic E-state index is -0.390. The summed E-state index contributed by atoms with van der Waals surface area (Å²) in [4.78, 5) is 14.5. The summed E-state index contributed by atoms with van der Waals surface area (Å²) in [6.07, 6.45) is 1.66. The monoisotopic (exact) mass is 383 g/mol. The van der Waals surface area contributed by atoms with Crippen molar-refractivity contribution in [1.29, 1.82) is 0 Å².